The van der Waals surface area contributed by atoms with E-state index in [1.165, 1.54) is 6.07 Å². The van der Waals surface area contributed by atoms with Gasteiger partial charge in [0.05, 0.1) is 22.9 Å². The molecule has 1 N–H and O–H groups in total. The van der Waals surface area contributed by atoms with E-state index in [1.54, 1.807) is 19.2 Å². The van der Waals surface area contributed by atoms with E-state index < -0.39 is 5.97 Å². The van der Waals surface area contributed by atoms with E-state index in [2.05, 4.69) is 4.90 Å². The van der Waals surface area contributed by atoms with E-state index >= 15 is 0 Å². The van der Waals surface area contributed by atoms with Crippen molar-refractivity contribution in [2.24, 2.45) is 5.92 Å². The van der Waals surface area contributed by atoms with Gasteiger partial charge in [0, 0.05) is 26.1 Å². The molecule has 4 nitrogen and oxygen atoms in total. The fourth-order valence-electron chi connectivity index (χ4n) is 2.32. The lowest BCUT2D eigenvalue weighted by molar-refractivity contribution is 0.0697. The summed E-state index contributed by atoms with van der Waals surface area (Å²) in [4.78, 5) is 13.0. The molecule has 0 saturated carbocycles. The topological polar surface area (TPSA) is 49.8 Å². The number of hydrogen-bond acceptors (Lipinski definition) is 3. The maximum atomic E-state index is 10.8. The van der Waals surface area contributed by atoms with E-state index in [4.69, 9.17) is 21.4 Å². The van der Waals surface area contributed by atoms with Crippen molar-refractivity contribution in [3.05, 3.63) is 28.8 Å². The fourth-order valence-corrected chi connectivity index (χ4v) is 2.62. The van der Waals surface area contributed by atoms with E-state index in [1.807, 2.05) is 0 Å². The molecule has 0 bridgehead atoms. The van der Waals surface area contributed by atoms with Crippen LogP contribution in [0.15, 0.2) is 18.2 Å². The molecule has 1 fully saturated rings. The van der Waals surface area contributed by atoms with Crippen LogP contribution in [0.25, 0.3) is 0 Å². The van der Waals surface area contributed by atoms with Crippen LogP contribution in [-0.4, -0.2) is 37.9 Å². The van der Waals surface area contributed by atoms with Gasteiger partial charge in [0.15, 0.2) is 0 Å². The van der Waals surface area contributed by atoms with E-state index in [0.29, 0.717) is 10.9 Å². The Hall–Kier alpha value is -1.26. The first-order chi connectivity index (χ1) is 8.61. The molecular weight excluding hydrogens is 254 g/mol. The second kappa shape index (κ2) is 5.59. The van der Waals surface area contributed by atoms with E-state index in [9.17, 15) is 4.79 Å². The van der Waals surface area contributed by atoms with Gasteiger partial charge in [-0.15, -0.1) is 0 Å². The Bertz CT molecular complexity index is 450. The minimum atomic E-state index is -0.956. The zero-order chi connectivity index (χ0) is 13.1. The highest BCUT2D eigenvalue weighted by atomic mass is 35.5. The van der Waals surface area contributed by atoms with Crippen molar-refractivity contribution in [3.8, 4) is 0 Å². The summed E-state index contributed by atoms with van der Waals surface area (Å²) in [5, 5.41) is 9.38. The quantitative estimate of drug-likeness (QED) is 0.912. The number of benzene rings is 1. The van der Waals surface area contributed by atoms with Crippen LogP contribution in [-0.2, 0) is 4.74 Å². The second-order valence-electron chi connectivity index (χ2n) is 4.53. The van der Waals surface area contributed by atoms with Gasteiger partial charge in [0.2, 0.25) is 0 Å². The molecule has 1 aliphatic heterocycles. The standard InChI is InChI=1S/C13H16ClNO3/c1-18-8-9-4-5-15(7-9)12-3-2-10(13(16)17)6-11(12)14/h2-3,6,9H,4-5,7-8H2,1H3,(H,16,17). The Morgan fingerprint density at radius 2 is 2.39 bits per heavy atom. The molecular formula is C13H16ClNO3. The molecule has 2 rings (SSSR count). The number of anilines is 1. The number of carboxylic acids is 1. The molecule has 98 valence electrons. The maximum absolute atomic E-state index is 10.8. The highest BCUT2D eigenvalue weighted by Crippen LogP contribution is 2.31. The molecule has 1 atom stereocenters. The van der Waals surface area contributed by atoms with E-state index in [0.717, 1.165) is 31.8 Å². The smallest absolute Gasteiger partial charge is 0.335 e. The van der Waals surface area contributed by atoms with Crippen LogP contribution in [0.4, 0.5) is 5.69 Å². The molecule has 0 aromatic heterocycles. The highest BCUT2D eigenvalue weighted by Gasteiger charge is 2.24. The third kappa shape index (κ3) is 2.76. The van der Waals surface area contributed by atoms with Crippen molar-refractivity contribution in [2.45, 2.75) is 6.42 Å². The monoisotopic (exact) mass is 269 g/mol. The summed E-state index contributed by atoms with van der Waals surface area (Å²) in [6, 6.07) is 4.87. The molecule has 0 spiro atoms. The minimum absolute atomic E-state index is 0.219. The number of rotatable bonds is 4. The van der Waals surface area contributed by atoms with E-state index in [-0.39, 0.29) is 5.56 Å². The second-order valence-corrected chi connectivity index (χ2v) is 4.93. The number of halogens is 1. The van der Waals surface area contributed by atoms with Crippen LogP contribution in [0.2, 0.25) is 5.02 Å². The Morgan fingerprint density at radius 1 is 1.61 bits per heavy atom. The van der Waals surface area contributed by atoms with Crippen LogP contribution >= 0.6 is 11.6 Å². The molecule has 0 radical (unpaired) electrons. The summed E-state index contributed by atoms with van der Waals surface area (Å²) in [6.45, 7) is 2.58. The Kier molecular flexibility index (Phi) is 4.09. The molecule has 1 aliphatic rings. The summed E-state index contributed by atoms with van der Waals surface area (Å²) in [5.41, 5.74) is 1.12. The van der Waals surface area contributed by atoms with Crippen LogP contribution in [0.1, 0.15) is 16.8 Å². The average Bonchev–Trinajstić information content (AvgIpc) is 2.77. The predicted molar refractivity (Wildman–Crippen MR) is 70.6 cm³/mol. The fraction of sp³-hybridized carbons (Fsp3) is 0.462. The van der Waals surface area contributed by atoms with Crippen molar-refractivity contribution < 1.29 is 14.6 Å². The molecule has 1 aromatic rings. The van der Waals surface area contributed by atoms with Gasteiger partial charge in [-0.05, 0) is 24.6 Å². The van der Waals surface area contributed by atoms with Crippen molar-refractivity contribution in [1.82, 2.24) is 0 Å². The zero-order valence-electron chi connectivity index (χ0n) is 10.2. The number of methoxy groups -OCH3 is 1. The molecule has 1 saturated heterocycles. The van der Waals surface area contributed by atoms with Crippen LogP contribution in [0, 0.1) is 5.92 Å². The molecule has 1 unspecified atom stereocenters. The van der Waals surface area contributed by atoms with Crippen molar-refractivity contribution in [1.29, 1.82) is 0 Å². The normalized spacial score (nSPS) is 19.2. The lowest BCUT2D eigenvalue weighted by Gasteiger charge is -2.20. The van der Waals surface area contributed by atoms with Gasteiger partial charge in [0.1, 0.15) is 0 Å². The maximum Gasteiger partial charge on any atom is 0.335 e. The minimum Gasteiger partial charge on any atom is -0.478 e. The number of carboxylic acid groups (broad SMARTS) is 1. The number of carbonyl (C=O) groups is 1. The van der Waals surface area contributed by atoms with Crippen LogP contribution in [0.5, 0.6) is 0 Å². The van der Waals surface area contributed by atoms with Crippen LogP contribution < -0.4 is 4.90 Å². The Labute approximate surface area is 111 Å². The predicted octanol–water partition coefficient (Wildman–Crippen LogP) is 2.51. The SMILES string of the molecule is COCC1CCN(c2ccc(C(=O)O)cc2Cl)C1. The van der Waals surface area contributed by atoms with Gasteiger partial charge < -0.3 is 14.7 Å². The van der Waals surface area contributed by atoms with Gasteiger partial charge in [-0.1, -0.05) is 11.6 Å². The highest BCUT2D eigenvalue weighted by molar-refractivity contribution is 6.33. The summed E-state index contributed by atoms with van der Waals surface area (Å²) in [5.74, 6) is -0.438. The number of aromatic carboxylic acids is 1. The number of nitrogens with zero attached hydrogens (tertiary/aromatic N) is 1. The van der Waals surface area contributed by atoms with Crippen molar-refractivity contribution >= 4 is 23.3 Å². The van der Waals surface area contributed by atoms with Gasteiger partial charge in [-0.2, -0.15) is 0 Å². The zero-order valence-corrected chi connectivity index (χ0v) is 11.0. The first kappa shape index (κ1) is 13.2. The largest absolute Gasteiger partial charge is 0.478 e. The number of hydrogen-bond donors (Lipinski definition) is 1. The van der Waals surface area contributed by atoms with Crippen molar-refractivity contribution in [2.75, 3.05) is 31.7 Å². The Balaban J connectivity index is 2.12. The van der Waals surface area contributed by atoms with Gasteiger partial charge in [-0.3, -0.25) is 0 Å². The molecule has 1 aromatic carbocycles. The first-order valence-corrected chi connectivity index (χ1v) is 6.26. The summed E-state index contributed by atoms with van der Waals surface area (Å²) >= 11 is 6.14. The first-order valence-electron chi connectivity index (χ1n) is 5.88. The molecule has 0 aliphatic carbocycles. The Morgan fingerprint density at radius 3 is 3.00 bits per heavy atom. The summed E-state index contributed by atoms with van der Waals surface area (Å²) in [6.07, 6.45) is 1.07. The van der Waals surface area contributed by atoms with Crippen LogP contribution in [0.3, 0.4) is 0 Å². The van der Waals surface area contributed by atoms with Gasteiger partial charge >= 0.3 is 5.97 Å². The lowest BCUT2D eigenvalue weighted by atomic mass is 10.1. The summed E-state index contributed by atoms with van der Waals surface area (Å²) in [7, 11) is 1.71. The molecule has 18 heavy (non-hydrogen) atoms. The third-order valence-electron chi connectivity index (χ3n) is 3.22. The van der Waals surface area contributed by atoms with Gasteiger partial charge in [0.25, 0.3) is 0 Å². The lowest BCUT2D eigenvalue weighted by Crippen LogP contribution is -2.21. The summed E-state index contributed by atoms with van der Waals surface area (Å²) < 4.78 is 5.15. The van der Waals surface area contributed by atoms with Crippen molar-refractivity contribution in [3.63, 3.8) is 0 Å². The molecule has 0 amide bonds. The molecule has 5 heteroatoms. The van der Waals surface area contributed by atoms with Gasteiger partial charge in [-0.25, -0.2) is 4.79 Å². The average molecular weight is 270 g/mol. The molecule has 1 heterocycles. The third-order valence-corrected chi connectivity index (χ3v) is 3.53. The number of ether oxygens (including phenoxy) is 1.